The van der Waals surface area contributed by atoms with Gasteiger partial charge in [-0.15, -0.1) is 0 Å². The smallest absolute Gasteiger partial charge is 0.167 e. The number of nitrogens with zero attached hydrogens (tertiary/aromatic N) is 2. The fraction of sp³-hybridized carbons (Fsp3) is 0.273. The van der Waals surface area contributed by atoms with Crippen LogP contribution in [0.1, 0.15) is 24.6 Å². The number of aromatic amines is 1. The van der Waals surface area contributed by atoms with Gasteiger partial charge in [0.15, 0.2) is 11.6 Å². The number of H-pyrrole nitrogens is 1. The molecule has 0 spiro atoms. The minimum absolute atomic E-state index is 0.185. The average Bonchev–Trinajstić information content (AvgIpc) is 2.77. The molecule has 0 saturated carbocycles. The van der Waals surface area contributed by atoms with E-state index in [9.17, 15) is 0 Å². The van der Waals surface area contributed by atoms with Gasteiger partial charge in [0, 0.05) is 5.02 Å². The van der Waals surface area contributed by atoms with Gasteiger partial charge in [0.1, 0.15) is 12.4 Å². The highest BCUT2D eigenvalue weighted by molar-refractivity contribution is 6.30. The Balaban J connectivity index is 1.95. The molecule has 0 amide bonds. The molecule has 1 aromatic carbocycles. The predicted molar refractivity (Wildman–Crippen MR) is 64.8 cm³/mol. The summed E-state index contributed by atoms with van der Waals surface area (Å²) < 4.78 is 5.51. The molecule has 1 atom stereocenters. The lowest BCUT2D eigenvalue weighted by Gasteiger charge is -2.03. The first-order valence-corrected chi connectivity index (χ1v) is 5.58. The van der Waals surface area contributed by atoms with E-state index in [1.807, 2.05) is 6.92 Å². The molecule has 1 aromatic heterocycles. The zero-order chi connectivity index (χ0) is 12.3. The molecule has 0 unspecified atom stereocenters. The fourth-order valence-corrected chi connectivity index (χ4v) is 1.39. The number of hydrogen-bond acceptors (Lipinski definition) is 4. The molecule has 0 bridgehead atoms. The number of rotatable bonds is 4. The van der Waals surface area contributed by atoms with E-state index in [0.29, 0.717) is 23.3 Å². The third-order valence-electron chi connectivity index (χ3n) is 2.15. The molecule has 1 heterocycles. The first-order valence-electron chi connectivity index (χ1n) is 5.20. The summed E-state index contributed by atoms with van der Waals surface area (Å²) in [6.45, 7) is 2.15. The maximum Gasteiger partial charge on any atom is 0.167 e. The Labute approximate surface area is 104 Å². The van der Waals surface area contributed by atoms with Crippen molar-refractivity contribution in [2.24, 2.45) is 5.73 Å². The Morgan fingerprint density at radius 2 is 2.12 bits per heavy atom. The molecule has 5 nitrogen and oxygen atoms in total. The normalized spacial score (nSPS) is 12.4. The summed E-state index contributed by atoms with van der Waals surface area (Å²) in [5.41, 5.74) is 5.65. The van der Waals surface area contributed by atoms with Crippen LogP contribution >= 0.6 is 11.6 Å². The fourth-order valence-electron chi connectivity index (χ4n) is 1.26. The van der Waals surface area contributed by atoms with Gasteiger partial charge in [0.05, 0.1) is 6.04 Å². The molecule has 2 aromatic rings. The summed E-state index contributed by atoms with van der Waals surface area (Å²) in [6.07, 6.45) is 0. The van der Waals surface area contributed by atoms with Gasteiger partial charge in [-0.2, -0.15) is 5.10 Å². The van der Waals surface area contributed by atoms with Crippen LogP contribution in [-0.4, -0.2) is 15.2 Å². The standard InChI is InChI=1S/C11H13ClN4O/c1-7(13)11-14-10(15-16-11)6-17-9-4-2-8(12)3-5-9/h2-5,7H,6,13H2,1H3,(H,14,15,16)/t7-/m1/s1. The quantitative estimate of drug-likeness (QED) is 0.873. The lowest BCUT2D eigenvalue weighted by molar-refractivity contribution is 0.296. The van der Waals surface area contributed by atoms with E-state index in [4.69, 9.17) is 22.1 Å². The third-order valence-corrected chi connectivity index (χ3v) is 2.40. The van der Waals surface area contributed by atoms with E-state index < -0.39 is 0 Å². The largest absolute Gasteiger partial charge is 0.486 e. The van der Waals surface area contributed by atoms with E-state index >= 15 is 0 Å². The van der Waals surface area contributed by atoms with Crippen molar-refractivity contribution in [2.75, 3.05) is 0 Å². The Bertz CT molecular complexity index is 480. The molecule has 0 saturated heterocycles. The number of hydrogen-bond donors (Lipinski definition) is 2. The highest BCUT2D eigenvalue weighted by Crippen LogP contribution is 2.16. The van der Waals surface area contributed by atoms with E-state index in [2.05, 4.69) is 15.2 Å². The number of nitrogens with one attached hydrogen (secondary N) is 1. The van der Waals surface area contributed by atoms with E-state index in [1.165, 1.54) is 0 Å². The highest BCUT2D eigenvalue weighted by Gasteiger charge is 2.07. The second kappa shape index (κ2) is 5.16. The summed E-state index contributed by atoms with van der Waals surface area (Å²) in [5.74, 6) is 1.96. The summed E-state index contributed by atoms with van der Waals surface area (Å²) in [5, 5.41) is 7.43. The highest BCUT2D eigenvalue weighted by atomic mass is 35.5. The second-order valence-corrected chi connectivity index (χ2v) is 4.11. The van der Waals surface area contributed by atoms with Gasteiger partial charge < -0.3 is 10.5 Å². The first-order chi connectivity index (χ1) is 8.15. The Kier molecular flexibility index (Phi) is 3.61. The number of benzene rings is 1. The minimum atomic E-state index is -0.185. The summed E-state index contributed by atoms with van der Waals surface area (Å²) in [6, 6.07) is 6.95. The number of halogens is 1. The van der Waals surface area contributed by atoms with Gasteiger partial charge in [-0.3, -0.25) is 5.10 Å². The molecule has 0 aliphatic carbocycles. The van der Waals surface area contributed by atoms with Crippen molar-refractivity contribution in [1.82, 2.24) is 15.2 Å². The Hall–Kier alpha value is -1.59. The van der Waals surface area contributed by atoms with E-state index in [0.717, 1.165) is 5.75 Å². The zero-order valence-electron chi connectivity index (χ0n) is 9.35. The second-order valence-electron chi connectivity index (χ2n) is 3.67. The molecule has 2 rings (SSSR count). The molecule has 90 valence electrons. The molecular formula is C11H13ClN4O. The number of ether oxygens (including phenoxy) is 1. The van der Waals surface area contributed by atoms with Gasteiger partial charge >= 0.3 is 0 Å². The van der Waals surface area contributed by atoms with Crippen LogP contribution in [0.4, 0.5) is 0 Å². The van der Waals surface area contributed by atoms with Crippen LogP contribution in [0.3, 0.4) is 0 Å². The van der Waals surface area contributed by atoms with Crippen molar-refractivity contribution >= 4 is 11.6 Å². The average molecular weight is 253 g/mol. The topological polar surface area (TPSA) is 76.8 Å². The molecule has 0 radical (unpaired) electrons. The van der Waals surface area contributed by atoms with Crippen molar-refractivity contribution < 1.29 is 4.74 Å². The molecule has 6 heteroatoms. The van der Waals surface area contributed by atoms with Crippen LogP contribution < -0.4 is 10.5 Å². The molecule has 0 fully saturated rings. The van der Waals surface area contributed by atoms with E-state index in [-0.39, 0.29) is 6.04 Å². The van der Waals surface area contributed by atoms with Gasteiger partial charge in [0.25, 0.3) is 0 Å². The molecular weight excluding hydrogens is 240 g/mol. The molecule has 0 aliphatic rings. The van der Waals surface area contributed by atoms with Crippen LogP contribution in [-0.2, 0) is 6.61 Å². The molecule has 0 aliphatic heterocycles. The summed E-state index contributed by atoms with van der Waals surface area (Å²) in [7, 11) is 0. The zero-order valence-corrected chi connectivity index (χ0v) is 10.1. The number of nitrogens with two attached hydrogens (primary N) is 1. The maximum absolute atomic E-state index is 5.77. The Morgan fingerprint density at radius 1 is 1.41 bits per heavy atom. The summed E-state index contributed by atoms with van der Waals surface area (Å²) >= 11 is 5.77. The van der Waals surface area contributed by atoms with Gasteiger partial charge in [-0.25, -0.2) is 4.98 Å². The van der Waals surface area contributed by atoms with Crippen molar-refractivity contribution in [1.29, 1.82) is 0 Å². The Morgan fingerprint density at radius 3 is 2.71 bits per heavy atom. The van der Waals surface area contributed by atoms with Crippen molar-refractivity contribution in [2.45, 2.75) is 19.6 Å². The monoisotopic (exact) mass is 252 g/mol. The SMILES string of the molecule is C[C@@H](N)c1n[nH]c(COc2ccc(Cl)cc2)n1. The molecule has 3 N–H and O–H groups in total. The summed E-state index contributed by atoms with van der Waals surface area (Å²) in [4.78, 5) is 4.20. The minimum Gasteiger partial charge on any atom is -0.486 e. The van der Waals surface area contributed by atoms with Crippen molar-refractivity contribution in [3.63, 3.8) is 0 Å². The molecule has 17 heavy (non-hydrogen) atoms. The lowest BCUT2D eigenvalue weighted by Crippen LogP contribution is -2.07. The third kappa shape index (κ3) is 3.18. The van der Waals surface area contributed by atoms with Crippen LogP contribution in [0.5, 0.6) is 5.75 Å². The van der Waals surface area contributed by atoms with Gasteiger partial charge in [-0.1, -0.05) is 11.6 Å². The first kappa shape index (κ1) is 11.9. The van der Waals surface area contributed by atoms with Gasteiger partial charge in [0.2, 0.25) is 0 Å². The van der Waals surface area contributed by atoms with Gasteiger partial charge in [-0.05, 0) is 31.2 Å². The van der Waals surface area contributed by atoms with Crippen molar-refractivity contribution in [3.8, 4) is 5.75 Å². The van der Waals surface area contributed by atoms with E-state index in [1.54, 1.807) is 24.3 Å². The predicted octanol–water partition coefficient (Wildman–Crippen LogP) is 2.06. The number of aromatic nitrogens is 3. The van der Waals surface area contributed by atoms with Crippen molar-refractivity contribution in [3.05, 3.63) is 40.9 Å². The van der Waals surface area contributed by atoms with Crippen LogP contribution in [0.25, 0.3) is 0 Å². The van der Waals surface area contributed by atoms with Crippen LogP contribution in [0.15, 0.2) is 24.3 Å². The van der Waals surface area contributed by atoms with Crippen LogP contribution in [0.2, 0.25) is 5.02 Å². The van der Waals surface area contributed by atoms with Crippen LogP contribution in [0, 0.1) is 0 Å². The lowest BCUT2D eigenvalue weighted by atomic mass is 10.3. The maximum atomic E-state index is 5.77.